The molecule has 1 aliphatic rings. The van der Waals surface area contributed by atoms with E-state index in [-0.39, 0.29) is 11.9 Å². The first kappa shape index (κ1) is 18.2. The average Bonchev–Trinajstić information content (AvgIpc) is 3.05. The van der Waals surface area contributed by atoms with E-state index in [0.29, 0.717) is 29.5 Å². The smallest absolute Gasteiger partial charge is 0.278 e. The molecule has 3 rings (SSSR count). The van der Waals surface area contributed by atoms with Crippen LogP contribution in [-0.2, 0) is 0 Å². The molecule has 0 bridgehead atoms. The molecule has 2 N–H and O–H groups in total. The minimum Gasteiger partial charge on any atom is -0.493 e. The van der Waals surface area contributed by atoms with Crippen molar-refractivity contribution in [3.63, 3.8) is 0 Å². The van der Waals surface area contributed by atoms with Crippen molar-refractivity contribution in [3.8, 4) is 11.5 Å². The van der Waals surface area contributed by atoms with E-state index in [9.17, 15) is 4.79 Å². The van der Waals surface area contributed by atoms with E-state index < -0.39 is 0 Å². The number of nitrogens with zero attached hydrogens (tertiary/aromatic N) is 3. The van der Waals surface area contributed by atoms with Crippen LogP contribution in [0.3, 0.4) is 0 Å². The molecule has 1 fully saturated rings. The maximum Gasteiger partial charge on any atom is 0.278 e. The molecule has 8 heteroatoms. The summed E-state index contributed by atoms with van der Waals surface area (Å²) < 4.78 is 12.7. The number of rotatable bonds is 6. The van der Waals surface area contributed by atoms with E-state index in [2.05, 4.69) is 20.9 Å². The summed E-state index contributed by atoms with van der Waals surface area (Å²) in [6.45, 7) is 6.25. The van der Waals surface area contributed by atoms with Crippen LogP contribution in [0.15, 0.2) is 18.2 Å². The molecule has 1 amide bonds. The van der Waals surface area contributed by atoms with Gasteiger partial charge in [0.2, 0.25) is 0 Å². The Bertz CT molecular complexity index is 768. The van der Waals surface area contributed by atoms with E-state index in [1.54, 1.807) is 25.3 Å². The summed E-state index contributed by atoms with van der Waals surface area (Å²) in [5.74, 6) is 0.926. The largest absolute Gasteiger partial charge is 0.493 e. The minimum atomic E-state index is -0.283. The summed E-state index contributed by atoms with van der Waals surface area (Å²) >= 11 is 0. The van der Waals surface area contributed by atoms with Crippen molar-refractivity contribution >= 4 is 11.6 Å². The number of benzene rings is 1. The van der Waals surface area contributed by atoms with Gasteiger partial charge in [0.25, 0.3) is 5.91 Å². The molecule has 1 aromatic carbocycles. The number of nitrogens with one attached hydrogen (secondary N) is 2. The van der Waals surface area contributed by atoms with Crippen molar-refractivity contribution in [1.29, 1.82) is 0 Å². The van der Waals surface area contributed by atoms with Crippen LogP contribution in [0.5, 0.6) is 11.5 Å². The third-order valence-corrected chi connectivity index (χ3v) is 4.52. The van der Waals surface area contributed by atoms with Gasteiger partial charge in [-0.25, -0.2) is 4.68 Å². The zero-order valence-corrected chi connectivity index (χ0v) is 15.4. The van der Waals surface area contributed by atoms with Crippen molar-refractivity contribution in [2.75, 3.05) is 32.1 Å². The molecule has 2 heterocycles. The standard InChI is InChI=1S/C18H25N5O3/c1-4-26-15-6-5-13(11-16(15)25-3)20-18(24)17-12(2)23(22-21-17)14-7-9-19-10-8-14/h5-6,11,14,19H,4,7-10H2,1-3H3,(H,20,24). The highest BCUT2D eigenvalue weighted by atomic mass is 16.5. The first-order chi connectivity index (χ1) is 12.6. The molecule has 0 unspecified atom stereocenters. The molecule has 2 aromatic rings. The van der Waals surface area contributed by atoms with Gasteiger partial charge in [0.15, 0.2) is 17.2 Å². The molecule has 140 valence electrons. The van der Waals surface area contributed by atoms with Gasteiger partial charge < -0.3 is 20.1 Å². The van der Waals surface area contributed by atoms with Crippen LogP contribution in [0.1, 0.15) is 42.0 Å². The molecule has 1 aromatic heterocycles. The van der Waals surface area contributed by atoms with Crippen LogP contribution in [0.25, 0.3) is 0 Å². The minimum absolute atomic E-state index is 0.283. The summed E-state index contributed by atoms with van der Waals surface area (Å²) in [5, 5.41) is 14.5. The predicted octanol–water partition coefficient (Wildman–Crippen LogP) is 2.17. The van der Waals surface area contributed by atoms with Crippen LogP contribution < -0.4 is 20.1 Å². The van der Waals surface area contributed by atoms with Gasteiger partial charge in [-0.2, -0.15) is 0 Å². The second-order valence-electron chi connectivity index (χ2n) is 6.20. The molecular formula is C18H25N5O3. The zero-order chi connectivity index (χ0) is 18.5. The lowest BCUT2D eigenvalue weighted by molar-refractivity contribution is 0.102. The van der Waals surface area contributed by atoms with Gasteiger partial charge in [0, 0.05) is 11.8 Å². The van der Waals surface area contributed by atoms with Crippen LogP contribution in [0.2, 0.25) is 0 Å². The Kier molecular flexibility index (Phi) is 5.72. The SMILES string of the molecule is CCOc1ccc(NC(=O)c2nnn(C3CCNCC3)c2C)cc1OC. The number of aromatic nitrogens is 3. The van der Waals surface area contributed by atoms with Gasteiger partial charge in [-0.3, -0.25) is 4.79 Å². The van der Waals surface area contributed by atoms with E-state index in [1.165, 1.54) is 0 Å². The van der Waals surface area contributed by atoms with Crippen LogP contribution in [0.4, 0.5) is 5.69 Å². The number of methoxy groups -OCH3 is 1. The van der Waals surface area contributed by atoms with Crippen LogP contribution in [0, 0.1) is 6.92 Å². The molecule has 0 saturated carbocycles. The van der Waals surface area contributed by atoms with Crippen LogP contribution >= 0.6 is 0 Å². The Balaban J connectivity index is 1.75. The highest BCUT2D eigenvalue weighted by Gasteiger charge is 2.23. The number of amides is 1. The first-order valence-corrected chi connectivity index (χ1v) is 8.88. The Morgan fingerprint density at radius 2 is 2.12 bits per heavy atom. The van der Waals surface area contributed by atoms with Gasteiger partial charge in [-0.1, -0.05) is 5.21 Å². The Labute approximate surface area is 152 Å². The summed E-state index contributed by atoms with van der Waals surface area (Å²) in [6, 6.07) is 5.57. The normalized spacial score (nSPS) is 14.9. The third-order valence-electron chi connectivity index (χ3n) is 4.52. The molecule has 0 radical (unpaired) electrons. The fraction of sp³-hybridized carbons (Fsp3) is 0.500. The Morgan fingerprint density at radius 3 is 2.81 bits per heavy atom. The Hall–Kier alpha value is -2.61. The second-order valence-corrected chi connectivity index (χ2v) is 6.20. The van der Waals surface area contributed by atoms with Crippen molar-refractivity contribution in [2.24, 2.45) is 0 Å². The lowest BCUT2D eigenvalue weighted by Crippen LogP contribution is -2.30. The number of hydrogen-bond donors (Lipinski definition) is 2. The van der Waals surface area contributed by atoms with Gasteiger partial charge >= 0.3 is 0 Å². The van der Waals surface area contributed by atoms with Gasteiger partial charge in [0.05, 0.1) is 25.5 Å². The second kappa shape index (κ2) is 8.18. The van der Waals surface area contributed by atoms with Gasteiger partial charge in [-0.05, 0) is 51.9 Å². The fourth-order valence-electron chi connectivity index (χ4n) is 3.16. The summed E-state index contributed by atoms with van der Waals surface area (Å²) in [7, 11) is 1.57. The number of piperidine rings is 1. The van der Waals surface area contributed by atoms with Crippen molar-refractivity contribution in [2.45, 2.75) is 32.7 Å². The first-order valence-electron chi connectivity index (χ1n) is 8.88. The molecule has 8 nitrogen and oxygen atoms in total. The number of anilines is 1. The van der Waals surface area contributed by atoms with Crippen molar-refractivity contribution in [3.05, 3.63) is 29.6 Å². The maximum atomic E-state index is 12.6. The molecule has 1 saturated heterocycles. The number of ether oxygens (including phenoxy) is 2. The number of carbonyl (C=O) groups is 1. The molecular weight excluding hydrogens is 334 g/mol. The van der Waals surface area contributed by atoms with Crippen molar-refractivity contribution in [1.82, 2.24) is 20.3 Å². The lowest BCUT2D eigenvalue weighted by Gasteiger charge is -2.23. The van der Waals surface area contributed by atoms with Gasteiger partial charge in [0.1, 0.15) is 0 Å². The van der Waals surface area contributed by atoms with Crippen molar-refractivity contribution < 1.29 is 14.3 Å². The van der Waals surface area contributed by atoms with E-state index in [4.69, 9.17) is 9.47 Å². The highest BCUT2D eigenvalue weighted by Crippen LogP contribution is 2.30. The quantitative estimate of drug-likeness (QED) is 0.821. The fourth-order valence-corrected chi connectivity index (χ4v) is 3.16. The third kappa shape index (κ3) is 3.80. The summed E-state index contributed by atoms with van der Waals surface area (Å²) in [5.41, 5.74) is 1.75. The van der Waals surface area contributed by atoms with Gasteiger partial charge in [-0.15, -0.1) is 5.10 Å². The summed E-state index contributed by atoms with van der Waals surface area (Å²) in [4.78, 5) is 12.6. The van der Waals surface area contributed by atoms with Crippen LogP contribution in [-0.4, -0.2) is 47.7 Å². The molecule has 0 aliphatic carbocycles. The summed E-state index contributed by atoms with van der Waals surface area (Å²) in [6.07, 6.45) is 1.97. The number of carbonyl (C=O) groups excluding carboxylic acids is 1. The monoisotopic (exact) mass is 359 g/mol. The molecule has 0 atom stereocenters. The molecule has 26 heavy (non-hydrogen) atoms. The average molecular weight is 359 g/mol. The van der Waals surface area contributed by atoms with E-state index in [1.807, 2.05) is 18.5 Å². The van der Waals surface area contributed by atoms with E-state index >= 15 is 0 Å². The highest BCUT2D eigenvalue weighted by molar-refractivity contribution is 6.03. The Morgan fingerprint density at radius 1 is 1.35 bits per heavy atom. The topological polar surface area (TPSA) is 90.3 Å². The zero-order valence-electron chi connectivity index (χ0n) is 15.4. The predicted molar refractivity (Wildman–Crippen MR) is 98.0 cm³/mol. The number of hydrogen-bond acceptors (Lipinski definition) is 6. The lowest BCUT2D eigenvalue weighted by atomic mass is 10.1. The van der Waals surface area contributed by atoms with E-state index in [0.717, 1.165) is 31.6 Å². The maximum absolute atomic E-state index is 12.6. The molecule has 0 spiro atoms. The molecule has 1 aliphatic heterocycles.